The quantitative estimate of drug-likeness (QED) is 0.923. The average Bonchev–Trinajstić information content (AvgIpc) is 2.60. The molecule has 2 rings (SSSR count). The second kappa shape index (κ2) is 5.22. The molecule has 100 valence electrons. The first kappa shape index (κ1) is 13.3. The molecule has 0 unspecified atom stereocenters. The standard InChI is InChI=1S/C14H16FN3O/c1-9-14(16-11(3)19)10(2)18(17-9)8-12-4-6-13(15)7-5-12/h4-7H,8H2,1-3H3,(H,16,19). The highest BCUT2D eigenvalue weighted by Gasteiger charge is 2.12. The molecule has 0 atom stereocenters. The Kier molecular flexibility index (Phi) is 3.64. The molecular formula is C14H16FN3O. The Morgan fingerprint density at radius 2 is 1.95 bits per heavy atom. The van der Waals surface area contributed by atoms with Crippen LogP contribution in [0.25, 0.3) is 0 Å². The molecule has 1 aromatic carbocycles. The van der Waals surface area contributed by atoms with E-state index >= 15 is 0 Å². The molecule has 1 N–H and O–H groups in total. The molecule has 0 bridgehead atoms. The van der Waals surface area contributed by atoms with E-state index in [-0.39, 0.29) is 11.7 Å². The second-order valence-electron chi connectivity index (χ2n) is 4.51. The number of halogens is 1. The number of carbonyl (C=O) groups is 1. The molecule has 0 aliphatic rings. The summed E-state index contributed by atoms with van der Waals surface area (Å²) in [7, 11) is 0. The van der Waals surface area contributed by atoms with Crippen LogP contribution in [0.4, 0.5) is 10.1 Å². The maximum absolute atomic E-state index is 12.8. The van der Waals surface area contributed by atoms with Gasteiger partial charge in [0.15, 0.2) is 0 Å². The van der Waals surface area contributed by atoms with E-state index in [1.54, 1.807) is 16.8 Å². The van der Waals surface area contributed by atoms with Gasteiger partial charge in [0.05, 0.1) is 23.6 Å². The summed E-state index contributed by atoms with van der Waals surface area (Å²) in [5.74, 6) is -0.372. The summed E-state index contributed by atoms with van der Waals surface area (Å²) in [6.45, 7) is 5.76. The largest absolute Gasteiger partial charge is 0.323 e. The van der Waals surface area contributed by atoms with Crippen molar-refractivity contribution in [1.29, 1.82) is 0 Å². The number of rotatable bonds is 3. The van der Waals surface area contributed by atoms with Gasteiger partial charge in [-0.3, -0.25) is 9.48 Å². The Balaban J connectivity index is 2.26. The number of nitrogens with zero attached hydrogens (tertiary/aromatic N) is 2. The zero-order valence-corrected chi connectivity index (χ0v) is 11.2. The van der Waals surface area contributed by atoms with E-state index in [1.807, 2.05) is 13.8 Å². The van der Waals surface area contributed by atoms with Gasteiger partial charge in [0, 0.05) is 6.92 Å². The summed E-state index contributed by atoms with van der Waals surface area (Å²) in [6.07, 6.45) is 0. The van der Waals surface area contributed by atoms with E-state index < -0.39 is 0 Å². The van der Waals surface area contributed by atoms with E-state index in [0.29, 0.717) is 6.54 Å². The lowest BCUT2D eigenvalue weighted by atomic mass is 10.2. The van der Waals surface area contributed by atoms with Crippen molar-refractivity contribution in [3.63, 3.8) is 0 Å². The minimum absolute atomic E-state index is 0.118. The van der Waals surface area contributed by atoms with Gasteiger partial charge < -0.3 is 5.32 Å². The first-order chi connectivity index (χ1) is 8.97. The highest BCUT2D eigenvalue weighted by Crippen LogP contribution is 2.20. The van der Waals surface area contributed by atoms with E-state index in [4.69, 9.17) is 0 Å². The molecule has 0 saturated carbocycles. The van der Waals surface area contributed by atoms with Gasteiger partial charge in [0.2, 0.25) is 5.91 Å². The fourth-order valence-electron chi connectivity index (χ4n) is 1.97. The normalized spacial score (nSPS) is 10.5. The van der Waals surface area contributed by atoms with Gasteiger partial charge in [-0.25, -0.2) is 4.39 Å². The van der Waals surface area contributed by atoms with Crippen molar-refractivity contribution < 1.29 is 9.18 Å². The SMILES string of the molecule is CC(=O)Nc1c(C)nn(Cc2ccc(F)cc2)c1C. The van der Waals surface area contributed by atoms with Crippen molar-refractivity contribution in [2.75, 3.05) is 5.32 Å². The Hall–Kier alpha value is -2.17. The van der Waals surface area contributed by atoms with E-state index in [2.05, 4.69) is 10.4 Å². The van der Waals surface area contributed by atoms with Gasteiger partial charge >= 0.3 is 0 Å². The summed E-state index contributed by atoms with van der Waals surface area (Å²) in [4.78, 5) is 11.1. The Morgan fingerprint density at radius 3 is 2.53 bits per heavy atom. The molecule has 2 aromatic rings. The van der Waals surface area contributed by atoms with Crippen LogP contribution in [0.15, 0.2) is 24.3 Å². The van der Waals surface area contributed by atoms with Crippen molar-refractivity contribution in [2.45, 2.75) is 27.3 Å². The highest BCUT2D eigenvalue weighted by atomic mass is 19.1. The number of nitrogens with one attached hydrogen (secondary N) is 1. The third kappa shape index (κ3) is 2.99. The summed E-state index contributed by atoms with van der Waals surface area (Å²) < 4.78 is 14.6. The van der Waals surface area contributed by atoms with Crippen molar-refractivity contribution in [1.82, 2.24) is 9.78 Å². The lowest BCUT2D eigenvalue weighted by Crippen LogP contribution is -2.08. The van der Waals surface area contributed by atoms with Gasteiger partial charge in [-0.1, -0.05) is 12.1 Å². The first-order valence-electron chi connectivity index (χ1n) is 6.03. The lowest BCUT2D eigenvalue weighted by Gasteiger charge is -2.06. The van der Waals surface area contributed by atoms with Gasteiger partial charge in [-0.05, 0) is 31.5 Å². The minimum atomic E-state index is -0.254. The predicted molar refractivity (Wildman–Crippen MR) is 71.5 cm³/mol. The fourth-order valence-corrected chi connectivity index (χ4v) is 1.97. The molecule has 1 heterocycles. The van der Waals surface area contributed by atoms with Crippen LogP contribution in [-0.4, -0.2) is 15.7 Å². The van der Waals surface area contributed by atoms with Crippen LogP contribution in [0.2, 0.25) is 0 Å². The monoisotopic (exact) mass is 261 g/mol. The van der Waals surface area contributed by atoms with E-state index in [0.717, 1.165) is 22.6 Å². The van der Waals surface area contributed by atoms with Gasteiger partial charge in [-0.15, -0.1) is 0 Å². The van der Waals surface area contributed by atoms with Crippen LogP contribution in [0.5, 0.6) is 0 Å². The molecule has 0 fully saturated rings. The molecular weight excluding hydrogens is 245 g/mol. The van der Waals surface area contributed by atoms with Crippen molar-refractivity contribution in [2.24, 2.45) is 0 Å². The third-order valence-electron chi connectivity index (χ3n) is 2.93. The molecule has 1 aromatic heterocycles. The molecule has 1 amide bonds. The molecule has 0 aliphatic carbocycles. The van der Waals surface area contributed by atoms with Crippen LogP contribution >= 0.6 is 0 Å². The molecule has 19 heavy (non-hydrogen) atoms. The van der Waals surface area contributed by atoms with Gasteiger partial charge in [0.1, 0.15) is 5.82 Å². The third-order valence-corrected chi connectivity index (χ3v) is 2.93. The number of aryl methyl sites for hydroxylation is 1. The molecule has 0 spiro atoms. The predicted octanol–water partition coefficient (Wildman–Crippen LogP) is 2.65. The number of anilines is 1. The summed E-state index contributed by atoms with van der Waals surface area (Å²) in [6, 6.07) is 6.30. The van der Waals surface area contributed by atoms with Crippen molar-refractivity contribution in [3.8, 4) is 0 Å². The van der Waals surface area contributed by atoms with Crippen LogP contribution in [0, 0.1) is 19.7 Å². The molecule has 0 aliphatic heterocycles. The highest BCUT2D eigenvalue weighted by molar-refractivity contribution is 5.89. The Morgan fingerprint density at radius 1 is 1.32 bits per heavy atom. The maximum atomic E-state index is 12.8. The fraction of sp³-hybridized carbons (Fsp3) is 0.286. The first-order valence-corrected chi connectivity index (χ1v) is 6.03. The maximum Gasteiger partial charge on any atom is 0.221 e. The minimum Gasteiger partial charge on any atom is -0.323 e. The number of benzene rings is 1. The second-order valence-corrected chi connectivity index (χ2v) is 4.51. The van der Waals surface area contributed by atoms with Crippen LogP contribution in [0.1, 0.15) is 23.9 Å². The number of carbonyl (C=O) groups excluding carboxylic acids is 1. The molecule has 0 saturated heterocycles. The van der Waals surface area contributed by atoms with Crippen molar-refractivity contribution in [3.05, 3.63) is 47.0 Å². The van der Waals surface area contributed by atoms with Gasteiger partial charge in [-0.2, -0.15) is 5.10 Å². The topological polar surface area (TPSA) is 46.9 Å². The average molecular weight is 261 g/mol. The van der Waals surface area contributed by atoms with E-state index in [1.165, 1.54) is 19.1 Å². The zero-order valence-electron chi connectivity index (χ0n) is 11.2. The zero-order chi connectivity index (χ0) is 14.0. The smallest absolute Gasteiger partial charge is 0.221 e. The number of amides is 1. The Labute approximate surface area is 111 Å². The van der Waals surface area contributed by atoms with Crippen molar-refractivity contribution >= 4 is 11.6 Å². The summed E-state index contributed by atoms with van der Waals surface area (Å²) in [5, 5.41) is 7.16. The number of hydrogen-bond donors (Lipinski definition) is 1. The number of aromatic nitrogens is 2. The Bertz CT molecular complexity index is 602. The molecule has 5 heteroatoms. The number of hydrogen-bond acceptors (Lipinski definition) is 2. The van der Waals surface area contributed by atoms with E-state index in [9.17, 15) is 9.18 Å². The molecule has 4 nitrogen and oxygen atoms in total. The molecule has 0 radical (unpaired) electrons. The summed E-state index contributed by atoms with van der Waals surface area (Å²) >= 11 is 0. The van der Waals surface area contributed by atoms with Crippen LogP contribution in [0.3, 0.4) is 0 Å². The van der Waals surface area contributed by atoms with Crippen LogP contribution < -0.4 is 5.32 Å². The van der Waals surface area contributed by atoms with Crippen LogP contribution in [-0.2, 0) is 11.3 Å². The summed E-state index contributed by atoms with van der Waals surface area (Å²) in [5.41, 5.74) is 3.36. The lowest BCUT2D eigenvalue weighted by molar-refractivity contribution is -0.114. The van der Waals surface area contributed by atoms with Gasteiger partial charge in [0.25, 0.3) is 0 Å².